The van der Waals surface area contributed by atoms with Crippen LogP contribution in [-0.2, 0) is 16.1 Å². The number of nitrogens with one attached hydrogen (secondary N) is 1. The SMILES string of the molecule is O=C(OCc1ccccc1)[C@@H]1CC(O)(C(F)(F)F)CN1. The maximum absolute atomic E-state index is 12.6. The summed E-state index contributed by atoms with van der Waals surface area (Å²) in [5.41, 5.74) is -2.13. The molecule has 0 amide bonds. The van der Waals surface area contributed by atoms with E-state index in [1.807, 2.05) is 0 Å². The maximum Gasteiger partial charge on any atom is 0.418 e. The van der Waals surface area contributed by atoms with Crippen LogP contribution in [0.2, 0.25) is 0 Å². The lowest BCUT2D eigenvalue weighted by atomic mass is 10.00. The largest absolute Gasteiger partial charge is 0.460 e. The van der Waals surface area contributed by atoms with Crippen molar-refractivity contribution in [2.24, 2.45) is 0 Å². The smallest absolute Gasteiger partial charge is 0.418 e. The van der Waals surface area contributed by atoms with Gasteiger partial charge in [0.1, 0.15) is 12.6 Å². The Morgan fingerprint density at radius 1 is 1.40 bits per heavy atom. The van der Waals surface area contributed by atoms with E-state index in [0.717, 1.165) is 5.56 Å². The summed E-state index contributed by atoms with van der Waals surface area (Å²) < 4.78 is 42.7. The summed E-state index contributed by atoms with van der Waals surface area (Å²) in [4.78, 5) is 11.7. The third kappa shape index (κ3) is 3.10. The molecule has 4 nitrogen and oxygen atoms in total. The third-order valence-electron chi connectivity index (χ3n) is 3.22. The molecule has 7 heteroatoms. The average molecular weight is 289 g/mol. The summed E-state index contributed by atoms with van der Waals surface area (Å²) in [6.45, 7) is -0.718. The highest BCUT2D eigenvalue weighted by Crippen LogP contribution is 2.36. The van der Waals surface area contributed by atoms with E-state index in [2.05, 4.69) is 5.32 Å². The van der Waals surface area contributed by atoms with Crippen molar-refractivity contribution in [3.05, 3.63) is 35.9 Å². The molecule has 110 valence electrons. The molecule has 2 rings (SSSR count). The van der Waals surface area contributed by atoms with Crippen LogP contribution in [0.5, 0.6) is 0 Å². The van der Waals surface area contributed by atoms with Crippen molar-refractivity contribution in [2.75, 3.05) is 6.54 Å². The summed E-state index contributed by atoms with van der Waals surface area (Å²) in [7, 11) is 0. The number of ether oxygens (including phenoxy) is 1. The molecular formula is C13H14F3NO3. The lowest BCUT2D eigenvalue weighted by molar-refractivity contribution is -0.252. The summed E-state index contributed by atoms with van der Waals surface area (Å²) in [5.74, 6) is -0.797. The second-order valence-corrected chi connectivity index (χ2v) is 4.76. The van der Waals surface area contributed by atoms with Gasteiger partial charge in [0, 0.05) is 13.0 Å². The van der Waals surface area contributed by atoms with Crippen LogP contribution in [0.15, 0.2) is 30.3 Å². The highest BCUT2D eigenvalue weighted by Gasteiger charge is 2.58. The fraction of sp³-hybridized carbons (Fsp3) is 0.462. The molecular weight excluding hydrogens is 275 g/mol. The van der Waals surface area contributed by atoms with E-state index in [4.69, 9.17) is 4.74 Å². The van der Waals surface area contributed by atoms with Gasteiger partial charge in [0.2, 0.25) is 0 Å². The molecule has 0 aliphatic carbocycles. The van der Waals surface area contributed by atoms with Crippen molar-refractivity contribution in [2.45, 2.75) is 30.8 Å². The van der Waals surface area contributed by atoms with Crippen molar-refractivity contribution >= 4 is 5.97 Å². The average Bonchev–Trinajstić information content (AvgIpc) is 2.81. The first kappa shape index (κ1) is 14.8. The molecule has 2 atom stereocenters. The van der Waals surface area contributed by atoms with Crippen LogP contribution in [0.1, 0.15) is 12.0 Å². The number of alkyl halides is 3. The number of aliphatic hydroxyl groups is 1. The molecule has 0 spiro atoms. The Morgan fingerprint density at radius 2 is 2.05 bits per heavy atom. The highest BCUT2D eigenvalue weighted by molar-refractivity contribution is 5.76. The molecule has 1 aromatic carbocycles. The normalized spacial score (nSPS) is 26.5. The van der Waals surface area contributed by atoms with Gasteiger partial charge >= 0.3 is 12.1 Å². The fourth-order valence-corrected chi connectivity index (χ4v) is 1.99. The van der Waals surface area contributed by atoms with Crippen LogP contribution in [0, 0.1) is 0 Å². The second kappa shape index (κ2) is 5.41. The van der Waals surface area contributed by atoms with Gasteiger partial charge in [-0.25, -0.2) is 0 Å². The topological polar surface area (TPSA) is 58.6 Å². The van der Waals surface area contributed by atoms with Crippen LogP contribution in [-0.4, -0.2) is 35.4 Å². The third-order valence-corrected chi connectivity index (χ3v) is 3.22. The minimum Gasteiger partial charge on any atom is -0.460 e. The number of rotatable bonds is 3. The number of hydrogen-bond acceptors (Lipinski definition) is 4. The molecule has 2 N–H and O–H groups in total. The Labute approximate surface area is 113 Å². The zero-order chi connectivity index (χ0) is 14.8. The van der Waals surface area contributed by atoms with E-state index < -0.39 is 36.8 Å². The first-order valence-electron chi connectivity index (χ1n) is 6.05. The van der Waals surface area contributed by atoms with E-state index in [-0.39, 0.29) is 6.61 Å². The number of benzene rings is 1. The van der Waals surface area contributed by atoms with Gasteiger partial charge in [-0.2, -0.15) is 13.2 Å². The second-order valence-electron chi connectivity index (χ2n) is 4.76. The van der Waals surface area contributed by atoms with E-state index >= 15 is 0 Å². The highest BCUT2D eigenvalue weighted by atomic mass is 19.4. The lowest BCUT2D eigenvalue weighted by Gasteiger charge is -2.24. The first-order valence-corrected chi connectivity index (χ1v) is 6.05. The predicted octanol–water partition coefficient (Wildman–Crippen LogP) is 1.39. The monoisotopic (exact) mass is 289 g/mol. The number of carbonyl (C=O) groups excluding carboxylic acids is 1. The van der Waals surface area contributed by atoms with Crippen LogP contribution in [0.3, 0.4) is 0 Å². The minimum atomic E-state index is -4.77. The van der Waals surface area contributed by atoms with Crippen molar-refractivity contribution in [3.63, 3.8) is 0 Å². The Balaban J connectivity index is 1.89. The van der Waals surface area contributed by atoms with Gasteiger partial charge in [-0.1, -0.05) is 30.3 Å². The van der Waals surface area contributed by atoms with Gasteiger partial charge in [0.15, 0.2) is 5.60 Å². The Kier molecular flexibility index (Phi) is 4.01. The summed E-state index contributed by atoms with van der Waals surface area (Å²) >= 11 is 0. The molecule has 0 radical (unpaired) electrons. The Hall–Kier alpha value is -1.60. The van der Waals surface area contributed by atoms with Gasteiger partial charge in [-0.15, -0.1) is 0 Å². The fourth-order valence-electron chi connectivity index (χ4n) is 1.99. The first-order chi connectivity index (χ1) is 9.32. The molecule has 1 aliphatic rings. The molecule has 0 bridgehead atoms. The van der Waals surface area contributed by atoms with Gasteiger partial charge in [-0.05, 0) is 5.56 Å². The standard InChI is InChI=1S/C13H14F3NO3/c14-13(15,16)12(19)6-10(17-8-12)11(18)20-7-9-4-2-1-3-5-9/h1-5,10,17,19H,6-8H2/t10-,12?/m0/s1. The van der Waals surface area contributed by atoms with Crippen LogP contribution in [0.4, 0.5) is 13.2 Å². The minimum absolute atomic E-state index is 0.0116. The molecule has 1 aliphatic heterocycles. The molecule has 1 fully saturated rings. The van der Waals surface area contributed by atoms with E-state index in [9.17, 15) is 23.1 Å². The molecule has 0 aromatic heterocycles. The Bertz CT molecular complexity index is 477. The van der Waals surface area contributed by atoms with Crippen molar-refractivity contribution in [1.29, 1.82) is 0 Å². The summed E-state index contributed by atoms with van der Waals surface area (Å²) in [5, 5.41) is 11.8. The van der Waals surface area contributed by atoms with Crippen molar-refractivity contribution in [3.8, 4) is 0 Å². The van der Waals surface area contributed by atoms with E-state index in [0.29, 0.717) is 0 Å². The maximum atomic E-state index is 12.6. The van der Waals surface area contributed by atoms with Gasteiger partial charge in [-0.3, -0.25) is 4.79 Å². The van der Waals surface area contributed by atoms with Crippen molar-refractivity contribution < 1.29 is 27.8 Å². The van der Waals surface area contributed by atoms with Gasteiger partial charge in [0.25, 0.3) is 0 Å². The number of carbonyl (C=O) groups is 1. The van der Waals surface area contributed by atoms with Crippen molar-refractivity contribution in [1.82, 2.24) is 5.32 Å². The molecule has 1 saturated heterocycles. The molecule has 1 aromatic rings. The van der Waals surface area contributed by atoms with Crippen LogP contribution in [0.25, 0.3) is 0 Å². The van der Waals surface area contributed by atoms with Crippen LogP contribution < -0.4 is 5.32 Å². The molecule has 1 heterocycles. The zero-order valence-electron chi connectivity index (χ0n) is 10.5. The van der Waals surface area contributed by atoms with E-state index in [1.165, 1.54) is 0 Å². The van der Waals surface area contributed by atoms with Gasteiger partial charge in [0.05, 0.1) is 0 Å². The summed E-state index contributed by atoms with van der Waals surface area (Å²) in [6.07, 6.45) is -5.50. The Morgan fingerprint density at radius 3 is 2.60 bits per heavy atom. The zero-order valence-corrected chi connectivity index (χ0v) is 10.5. The predicted molar refractivity (Wildman–Crippen MR) is 63.7 cm³/mol. The van der Waals surface area contributed by atoms with E-state index in [1.54, 1.807) is 30.3 Å². The molecule has 20 heavy (non-hydrogen) atoms. The number of esters is 1. The number of hydrogen-bond donors (Lipinski definition) is 2. The summed E-state index contributed by atoms with van der Waals surface area (Å²) in [6, 6.07) is 7.65. The molecule has 1 unspecified atom stereocenters. The number of β-amino-alcohol motifs (C(OH)–C–C–N with tert-alkyl or cyclic N) is 1. The quantitative estimate of drug-likeness (QED) is 0.826. The molecule has 0 saturated carbocycles. The lowest BCUT2D eigenvalue weighted by Crippen LogP contribution is -2.46. The van der Waals surface area contributed by atoms with Crippen LogP contribution >= 0.6 is 0 Å². The van der Waals surface area contributed by atoms with Gasteiger partial charge < -0.3 is 15.2 Å². The number of halogens is 3.